The molecule has 1 nitrogen and oxygen atoms in total. The Morgan fingerprint density at radius 3 is 1.36 bits per heavy atom. The second-order valence-corrected chi connectivity index (χ2v) is 12.3. The smallest absolute Gasteiger partial charge is 0.0240 e. The van der Waals surface area contributed by atoms with Crippen molar-refractivity contribution in [3.05, 3.63) is 59.2 Å². The zero-order chi connectivity index (χ0) is 28.8. The van der Waals surface area contributed by atoms with Gasteiger partial charge >= 0.3 is 0 Å². The van der Waals surface area contributed by atoms with Crippen molar-refractivity contribution < 1.29 is 0 Å². The zero-order valence-electron chi connectivity index (χ0n) is 27.6. The molecule has 1 heteroatoms. The van der Waals surface area contributed by atoms with Crippen molar-refractivity contribution in [2.24, 2.45) is 35.5 Å². The lowest BCUT2D eigenvalue weighted by Crippen LogP contribution is -2.68. The molecule has 39 heavy (non-hydrogen) atoms. The maximum atomic E-state index is 2.88. The van der Waals surface area contributed by atoms with Gasteiger partial charge in [0.2, 0.25) is 0 Å². The number of fused-ring (bicyclic) bond motifs is 4. The molecule has 5 rings (SSSR count). The largest absolute Gasteiger partial charge is 0.293 e. The van der Waals surface area contributed by atoms with Gasteiger partial charge in [-0.3, -0.25) is 4.90 Å². The van der Waals surface area contributed by atoms with Crippen LogP contribution in [0.2, 0.25) is 0 Å². The molecule has 0 aromatic heterocycles. The van der Waals surface area contributed by atoms with Crippen LogP contribution in [0, 0.1) is 35.5 Å². The standard InChI is InChI=1S/C23H35N.C5H6.3C3H8.CH4/c1-7-17-9-18(8-2)11-19(10-17)12-24-16(6)15(5)22-20-13(3)14(4)21(20)23(22)24;1-2-4-5-3-1;3*1-3-2;/h9-11,13-16,20-23H,7-8,12H2,1-6H3;1-4H,5H2;3*3H2,1-2H3;1H4/t13-,14+,15+,16-,20-,21+,22-,23+;;;;;/m0...../s1. The minimum Gasteiger partial charge on any atom is -0.293 e. The fourth-order valence-corrected chi connectivity index (χ4v) is 6.93. The Hall–Kier alpha value is -1.34. The van der Waals surface area contributed by atoms with Crippen LogP contribution >= 0.6 is 0 Å². The van der Waals surface area contributed by atoms with Gasteiger partial charge in [0.05, 0.1) is 0 Å². The zero-order valence-corrected chi connectivity index (χ0v) is 27.6. The Morgan fingerprint density at radius 2 is 0.974 bits per heavy atom. The van der Waals surface area contributed by atoms with Crippen LogP contribution in [0.15, 0.2) is 42.5 Å². The summed E-state index contributed by atoms with van der Waals surface area (Å²) in [6.45, 7) is 28.5. The highest BCUT2D eigenvalue weighted by atomic mass is 15.3. The van der Waals surface area contributed by atoms with E-state index in [1.807, 2.05) is 0 Å². The first-order valence-electron chi connectivity index (χ1n) is 16.4. The van der Waals surface area contributed by atoms with Crippen LogP contribution in [0.5, 0.6) is 0 Å². The minimum absolute atomic E-state index is 0. The Kier molecular flexibility index (Phi) is 19.0. The normalized spacial score (nSPS) is 30.6. The molecular formula is C38H69N. The van der Waals surface area contributed by atoms with Crippen LogP contribution in [-0.2, 0) is 19.4 Å². The third kappa shape index (κ3) is 9.62. The summed E-state index contributed by atoms with van der Waals surface area (Å²) in [5.41, 5.74) is 4.57. The van der Waals surface area contributed by atoms with Gasteiger partial charge in [0.25, 0.3) is 0 Å². The molecule has 0 unspecified atom stereocenters. The number of benzene rings is 1. The molecule has 8 atom stereocenters. The quantitative estimate of drug-likeness (QED) is 0.368. The summed E-state index contributed by atoms with van der Waals surface area (Å²) >= 11 is 0. The average Bonchev–Trinajstić information content (AvgIpc) is 3.53. The summed E-state index contributed by atoms with van der Waals surface area (Å²) < 4.78 is 0. The molecule has 1 saturated heterocycles. The van der Waals surface area contributed by atoms with Gasteiger partial charge < -0.3 is 0 Å². The van der Waals surface area contributed by atoms with E-state index in [2.05, 4.69) is 130 Å². The molecule has 0 spiro atoms. The summed E-state index contributed by atoms with van der Waals surface area (Å²) in [5.74, 6) is 5.74. The second kappa shape index (κ2) is 19.7. The maximum absolute atomic E-state index is 2.88. The summed E-state index contributed by atoms with van der Waals surface area (Å²) in [6.07, 6.45) is 15.6. The first-order chi connectivity index (χ1) is 18.2. The van der Waals surface area contributed by atoms with Crippen molar-refractivity contribution in [2.75, 3.05) is 0 Å². The van der Waals surface area contributed by atoms with Crippen LogP contribution < -0.4 is 0 Å². The van der Waals surface area contributed by atoms with E-state index in [0.717, 1.165) is 73.4 Å². The first-order valence-corrected chi connectivity index (χ1v) is 16.4. The number of hydrogen-bond donors (Lipinski definition) is 0. The average molecular weight is 540 g/mol. The SMILES string of the molecule is C.C1=CCC=C1.CCC.CCC.CCC.CCc1cc(CC)cc(CN2[C@@H]3[C@@H]4[C@H](C)[C@H](C)[C@@H]4[C@@H]3[C@H](C)[C@@H]2C)c1. The summed E-state index contributed by atoms with van der Waals surface area (Å²) in [6, 6.07) is 8.93. The highest BCUT2D eigenvalue weighted by Crippen LogP contribution is 2.68. The number of aryl methyl sites for hydroxylation is 2. The number of likely N-dealkylation sites (tertiary alicyclic amines) is 1. The predicted octanol–water partition coefficient (Wildman–Crippen LogP) is 11.6. The molecule has 0 radical (unpaired) electrons. The Balaban J connectivity index is 0.000000803. The highest BCUT2D eigenvalue weighted by Gasteiger charge is 2.69. The van der Waals surface area contributed by atoms with Crippen molar-refractivity contribution in [1.29, 1.82) is 0 Å². The van der Waals surface area contributed by atoms with E-state index in [1.165, 1.54) is 30.4 Å². The van der Waals surface area contributed by atoms with Gasteiger partial charge in [-0.2, -0.15) is 0 Å². The lowest BCUT2D eigenvalue weighted by molar-refractivity contribution is -0.185. The number of hydrogen-bond acceptors (Lipinski definition) is 1. The third-order valence-corrected chi connectivity index (χ3v) is 8.94. The fourth-order valence-electron chi connectivity index (χ4n) is 6.93. The van der Waals surface area contributed by atoms with Gasteiger partial charge in [0.1, 0.15) is 0 Å². The van der Waals surface area contributed by atoms with Crippen LogP contribution in [0.4, 0.5) is 0 Å². The van der Waals surface area contributed by atoms with E-state index >= 15 is 0 Å². The maximum Gasteiger partial charge on any atom is 0.0240 e. The lowest BCUT2D eigenvalue weighted by atomic mass is 9.40. The number of rotatable bonds is 4. The van der Waals surface area contributed by atoms with Crippen molar-refractivity contribution in [3.8, 4) is 0 Å². The monoisotopic (exact) mass is 540 g/mol. The third-order valence-electron chi connectivity index (χ3n) is 8.94. The molecule has 1 aromatic carbocycles. The van der Waals surface area contributed by atoms with Crippen LogP contribution in [0.1, 0.15) is 133 Å². The molecule has 0 bridgehead atoms. The fraction of sp³-hybridized carbons (Fsp3) is 0.737. The summed E-state index contributed by atoms with van der Waals surface area (Å²) in [7, 11) is 0. The highest BCUT2D eigenvalue weighted by molar-refractivity contribution is 5.31. The van der Waals surface area contributed by atoms with Gasteiger partial charge in [-0.1, -0.05) is 145 Å². The van der Waals surface area contributed by atoms with E-state index in [-0.39, 0.29) is 7.43 Å². The van der Waals surface area contributed by atoms with Crippen LogP contribution in [0.3, 0.4) is 0 Å². The van der Waals surface area contributed by atoms with Gasteiger partial charge in [0, 0.05) is 18.6 Å². The molecule has 4 aliphatic rings. The molecule has 2 saturated carbocycles. The van der Waals surface area contributed by atoms with Crippen LogP contribution in [-0.4, -0.2) is 17.0 Å². The van der Waals surface area contributed by atoms with Gasteiger partial charge in [-0.15, -0.1) is 0 Å². The Morgan fingerprint density at radius 1 is 0.590 bits per heavy atom. The van der Waals surface area contributed by atoms with Gasteiger partial charge in [-0.05, 0) is 78.4 Å². The van der Waals surface area contributed by atoms with E-state index < -0.39 is 0 Å². The lowest BCUT2D eigenvalue weighted by Gasteiger charge is -2.67. The Labute approximate surface area is 246 Å². The number of allylic oxidation sites excluding steroid dienone is 4. The first kappa shape index (κ1) is 37.7. The molecule has 0 amide bonds. The second-order valence-electron chi connectivity index (χ2n) is 12.3. The molecular weight excluding hydrogens is 470 g/mol. The summed E-state index contributed by atoms with van der Waals surface area (Å²) in [4.78, 5) is 2.88. The van der Waals surface area contributed by atoms with E-state index in [9.17, 15) is 0 Å². The molecule has 3 fully saturated rings. The Bertz CT molecular complexity index is 783. The molecule has 226 valence electrons. The molecule has 1 aromatic rings. The van der Waals surface area contributed by atoms with Crippen LogP contribution in [0.25, 0.3) is 0 Å². The van der Waals surface area contributed by atoms with Crippen molar-refractivity contribution in [1.82, 2.24) is 4.90 Å². The van der Waals surface area contributed by atoms with Crippen molar-refractivity contribution >= 4 is 0 Å². The van der Waals surface area contributed by atoms with Crippen molar-refractivity contribution in [2.45, 2.75) is 148 Å². The van der Waals surface area contributed by atoms with E-state index in [0.29, 0.717) is 0 Å². The molecule has 3 aliphatic carbocycles. The van der Waals surface area contributed by atoms with Gasteiger partial charge in [0.15, 0.2) is 0 Å². The molecule has 0 N–H and O–H groups in total. The molecule has 1 heterocycles. The van der Waals surface area contributed by atoms with Gasteiger partial charge in [-0.25, -0.2) is 0 Å². The predicted molar refractivity (Wildman–Crippen MR) is 179 cm³/mol. The summed E-state index contributed by atoms with van der Waals surface area (Å²) in [5, 5.41) is 0. The van der Waals surface area contributed by atoms with E-state index in [4.69, 9.17) is 0 Å². The molecule has 1 aliphatic heterocycles. The van der Waals surface area contributed by atoms with E-state index in [1.54, 1.807) is 5.56 Å². The topological polar surface area (TPSA) is 3.24 Å². The minimum atomic E-state index is 0. The number of nitrogens with zero attached hydrogens (tertiary/aromatic N) is 1. The van der Waals surface area contributed by atoms with Crippen molar-refractivity contribution in [3.63, 3.8) is 0 Å².